The van der Waals surface area contributed by atoms with Crippen molar-refractivity contribution in [1.29, 1.82) is 0 Å². The molecule has 1 aromatic heterocycles. The van der Waals surface area contributed by atoms with Crippen molar-refractivity contribution in [3.05, 3.63) is 11.8 Å². The van der Waals surface area contributed by atoms with Crippen LogP contribution in [0.5, 0.6) is 0 Å². The molecule has 2 N–H and O–H groups in total. The second kappa shape index (κ2) is 3.12. The molecule has 0 saturated heterocycles. The van der Waals surface area contributed by atoms with Crippen LogP contribution in [0.25, 0.3) is 0 Å². The Morgan fingerprint density at radius 1 is 1.82 bits per heavy atom. The highest BCUT2D eigenvalue weighted by Crippen LogP contribution is 2.05. The van der Waals surface area contributed by atoms with Gasteiger partial charge in [-0.1, -0.05) is 0 Å². The van der Waals surface area contributed by atoms with Crippen molar-refractivity contribution < 1.29 is 13.9 Å². The van der Waals surface area contributed by atoms with Gasteiger partial charge in [0.2, 0.25) is 11.1 Å². The van der Waals surface area contributed by atoms with Crippen LogP contribution in [0.15, 0.2) is 11.1 Å². The lowest BCUT2D eigenvalue weighted by Crippen LogP contribution is -1.97. The summed E-state index contributed by atoms with van der Waals surface area (Å²) in [6, 6.07) is 1.39. The minimum atomic E-state index is -2.06. The van der Waals surface area contributed by atoms with E-state index in [4.69, 9.17) is 9.66 Å². The molecule has 0 amide bonds. The fourth-order valence-corrected chi connectivity index (χ4v) is 1.14. The third kappa shape index (κ3) is 1.65. The summed E-state index contributed by atoms with van der Waals surface area (Å²) in [6.45, 7) is -0.180. The van der Waals surface area contributed by atoms with Crippen LogP contribution in [-0.2, 0) is 24.7 Å². The molecule has 0 aliphatic rings. The van der Waals surface area contributed by atoms with Crippen LogP contribution >= 0.6 is 0 Å². The van der Waals surface area contributed by atoms with Crippen LogP contribution in [-0.4, -0.2) is 23.6 Å². The summed E-state index contributed by atoms with van der Waals surface area (Å²) < 4.78 is 20.4. The van der Waals surface area contributed by atoms with Crippen LogP contribution < -0.4 is 0 Å². The smallest absolute Gasteiger partial charge is 0.207 e. The summed E-state index contributed by atoms with van der Waals surface area (Å²) in [5.74, 6) is 0. The van der Waals surface area contributed by atoms with E-state index < -0.39 is 11.1 Å². The van der Waals surface area contributed by atoms with Crippen molar-refractivity contribution in [2.24, 2.45) is 7.05 Å². The van der Waals surface area contributed by atoms with Gasteiger partial charge in [0.1, 0.15) is 0 Å². The Morgan fingerprint density at radius 2 is 2.45 bits per heavy atom. The lowest BCUT2D eigenvalue weighted by atomic mass is 10.5. The molecule has 0 radical (unpaired) electrons. The first-order valence-corrected chi connectivity index (χ1v) is 4.00. The Bertz CT molecular complexity index is 283. The highest BCUT2D eigenvalue weighted by atomic mass is 32.2. The molecule has 1 atom stereocenters. The summed E-state index contributed by atoms with van der Waals surface area (Å²) in [6.07, 6.45) is 0. The zero-order valence-corrected chi connectivity index (χ0v) is 6.71. The Morgan fingerprint density at radius 3 is 2.73 bits per heavy atom. The Labute approximate surface area is 65.9 Å². The molecule has 0 aromatic carbocycles. The van der Waals surface area contributed by atoms with Crippen molar-refractivity contribution in [2.75, 3.05) is 0 Å². The average molecular weight is 176 g/mol. The predicted molar refractivity (Wildman–Crippen MR) is 38.2 cm³/mol. The van der Waals surface area contributed by atoms with Gasteiger partial charge in [-0.2, -0.15) is 5.10 Å². The van der Waals surface area contributed by atoms with Gasteiger partial charge >= 0.3 is 0 Å². The van der Waals surface area contributed by atoms with Gasteiger partial charge in [-0.25, -0.2) is 4.21 Å². The molecule has 0 saturated carbocycles. The van der Waals surface area contributed by atoms with Gasteiger partial charge < -0.3 is 9.66 Å². The maximum absolute atomic E-state index is 10.4. The lowest BCUT2D eigenvalue weighted by Gasteiger charge is -1.92. The molecule has 1 rings (SSSR count). The molecule has 0 aliphatic heterocycles. The monoisotopic (exact) mass is 176 g/mol. The van der Waals surface area contributed by atoms with Crippen LogP contribution in [0.1, 0.15) is 5.69 Å². The van der Waals surface area contributed by atoms with Gasteiger partial charge in [-0.05, 0) is 0 Å². The number of aryl methyl sites for hydroxylation is 1. The highest BCUT2D eigenvalue weighted by Gasteiger charge is 2.07. The molecule has 1 heterocycles. The van der Waals surface area contributed by atoms with Crippen molar-refractivity contribution in [1.82, 2.24) is 9.78 Å². The molecule has 0 spiro atoms. The topological polar surface area (TPSA) is 75.4 Å². The quantitative estimate of drug-likeness (QED) is 0.595. The molecule has 1 aromatic rings. The van der Waals surface area contributed by atoms with Crippen molar-refractivity contribution in [3.63, 3.8) is 0 Å². The van der Waals surface area contributed by atoms with Gasteiger partial charge in [0.05, 0.1) is 12.3 Å². The third-order valence-corrected chi connectivity index (χ3v) is 1.85. The first kappa shape index (κ1) is 8.38. The number of hydrogen-bond acceptors (Lipinski definition) is 3. The molecule has 5 nitrogen and oxygen atoms in total. The van der Waals surface area contributed by atoms with Gasteiger partial charge in [0, 0.05) is 13.1 Å². The second-order valence-electron chi connectivity index (χ2n) is 2.00. The van der Waals surface area contributed by atoms with Gasteiger partial charge in [0.25, 0.3) is 0 Å². The maximum Gasteiger partial charge on any atom is 0.207 e. The number of rotatable bonds is 2. The molecule has 0 bridgehead atoms. The highest BCUT2D eigenvalue weighted by molar-refractivity contribution is 7.79. The van der Waals surface area contributed by atoms with Gasteiger partial charge in [0.15, 0.2) is 5.03 Å². The van der Waals surface area contributed by atoms with Gasteiger partial charge in [-0.15, -0.1) is 0 Å². The van der Waals surface area contributed by atoms with E-state index in [1.165, 1.54) is 10.7 Å². The van der Waals surface area contributed by atoms with Crippen LogP contribution in [0, 0.1) is 0 Å². The normalized spacial score (nSPS) is 13.4. The van der Waals surface area contributed by atoms with Crippen molar-refractivity contribution >= 4 is 11.1 Å². The third-order valence-electron chi connectivity index (χ3n) is 1.30. The minimum Gasteiger partial charge on any atom is -0.390 e. The largest absolute Gasteiger partial charge is 0.390 e. The Hall–Kier alpha value is -0.720. The van der Waals surface area contributed by atoms with E-state index in [1.54, 1.807) is 7.05 Å². The van der Waals surface area contributed by atoms with E-state index in [2.05, 4.69) is 5.10 Å². The fraction of sp³-hybridized carbons (Fsp3) is 0.400. The molecular formula is C5H8N2O3S. The lowest BCUT2D eigenvalue weighted by molar-refractivity contribution is 0.270. The summed E-state index contributed by atoms with van der Waals surface area (Å²) in [7, 11) is 1.60. The Kier molecular flexibility index (Phi) is 2.38. The first-order chi connectivity index (χ1) is 5.15. The maximum atomic E-state index is 10.4. The SMILES string of the molecule is Cn1nc(S(=O)O)cc1CO. The summed E-state index contributed by atoms with van der Waals surface area (Å²) >= 11 is -2.06. The molecule has 11 heavy (non-hydrogen) atoms. The van der Waals surface area contributed by atoms with Crippen LogP contribution in [0.4, 0.5) is 0 Å². The summed E-state index contributed by atoms with van der Waals surface area (Å²) in [5.41, 5.74) is 0.516. The molecule has 6 heteroatoms. The molecule has 0 fully saturated rings. The molecule has 1 unspecified atom stereocenters. The van der Waals surface area contributed by atoms with Crippen LogP contribution in [0.2, 0.25) is 0 Å². The zero-order valence-electron chi connectivity index (χ0n) is 5.89. The number of aliphatic hydroxyl groups is 1. The van der Waals surface area contributed by atoms with E-state index in [9.17, 15) is 4.21 Å². The van der Waals surface area contributed by atoms with E-state index in [1.807, 2.05) is 0 Å². The molecular weight excluding hydrogens is 168 g/mol. The van der Waals surface area contributed by atoms with E-state index in [0.717, 1.165) is 0 Å². The summed E-state index contributed by atoms with van der Waals surface area (Å²) in [5, 5.41) is 12.4. The standard InChI is InChI=1S/C5H8N2O3S/c1-7-4(3-8)2-5(6-7)11(9)10/h2,8H,3H2,1H3,(H,9,10). The first-order valence-electron chi connectivity index (χ1n) is 2.89. The predicted octanol–water partition coefficient (Wildman–Crippen LogP) is -0.507. The number of aromatic nitrogens is 2. The Balaban J connectivity index is 3.05. The van der Waals surface area contributed by atoms with E-state index >= 15 is 0 Å². The summed E-state index contributed by atoms with van der Waals surface area (Å²) in [4.78, 5) is 0. The number of aliphatic hydroxyl groups excluding tert-OH is 1. The minimum absolute atomic E-state index is 0.0663. The number of hydrogen-bond donors (Lipinski definition) is 2. The van der Waals surface area contributed by atoms with Crippen molar-refractivity contribution in [3.8, 4) is 0 Å². The van der Waals surface area contributed by atoms with E-state index in [-0.39, 0.29) is 11.6 Å². The zero-order chi connectivity index (χ0) is 8.43. The van der Waals surface area contributed by atoms with E-state index in [0.29, 0.717) is 5.69 Å². The molecule has 0 aliphatic carbocycles. The number of nitrogens with zero attached hydrogens (tertiary/aromatic N) is 2. The average Bonchev–Trinajstić information content (AvgIpc) is 2.31. The van der Waals surface area contributed by atoms with Crippen molar-refractivity contribution in [2.45, 2.75) is 11.6 Å². The fourth-order valence-electron chi connectivity index (χ4n) is 0.710. The van der Waals surface area contributed by atoms with Crippen LogP contribution in [0.3, 0.4) is 0 Å². The molecule has 62 valence electrons. The second-order valence-corrected chi connectivity index (χ2v) is 2.92. The van der Waals surface area contributed by atoms with Gasteiger partial charge in [-0.3, -0.25) is 4.68 Å².